The van der Waals surface area contributed by atoms with Crippen LogP contribution in [0.15, 0.2) is 29.1 Å². The number of halogens is 3. The Morgan fingerprint density at radius 1 is 1.29 bits per heavy atom. The molecule has 0 saturated heterocycles. The van der Waals surface area contributed by atoms with E-state index in [4.69, 9.17) is 5.73 Å². The van der Waals surface area contributed by atoms with Gasteiger partial charge in [0.2, 0.25) is 11.9 Å². The van der Waals surface area contributed by atoms with Crippen molar-refractivity contribution in [3.8, 4) is 5.75 Å². The standard InChI is InChI=1S/C14H11F3N4O3/c15-14(16,17)24-7-3-1-2-6(4-7)8-5-9(22)19-11-10(8)12(23)21-13(18)20-11/h1-4,8H,5H2,(H4,18,19,20,21,22,23). The number of aromatic nitrogens is 2. The second kappa shape index (κ2) is 5.55. The lowest BCUT2D eigenvalue weighted by Crippen LogP contribution is -2.31. The molecule has 1 unspecified atom stereocenters. The number of alkyl halides is 3. The van der Waals surface area contributed by atoms with E-state index >= 15 is 0 Å². The third-order valence-electron chi connectivity index (χ3n) is 3.46. The Kier molecular flexibility index (Phi) is 3.66. The molecule has 1 aliphatic rings. The average molecular weight is 340 g/mol. The Labute approximate surface area is 132 Å². The van der Waals surface area contributed by atoms with Gasteiger partial charge in [-0.3, -0.25) is 14.6 Å². The number of carbonyl (C=O) groups is 1. The number of ether oxygens (including phenoxy) is 1. The molecule has 0 bridgehead atoms. The van der Waals surface area contributed by atoms with Gasteiger partial charge in [-0.25, -0.2) is 0 Å². The van der Waals surface area contributed by atoms with Crippen LogP contribution in [0.5, 0.6) is 5.75 Å². The minimum absolute atomic E-state index is 0.000331. The molecular weight excluding hydrogens is 329 g/mol. The number of nitrogens with two attached hydrogens (primary N) is 1. The number of nitrogens with one attached hydrogen (secondary N) is 2. The van der Waals surface area contributed by atoms with Crippen molar-refractivity contribution in [2.24, 2.45) is 0 Å². The first-order chi connectivity index (χ1) is 11.2. The number of aromatic amines is 1. The number of H-pyrrole nitrogens is 1. The molecule has 1 aromatic heterocycles. The molecular formula is C14H11F3N4O3. The number of hydrogen-bond acceptors (Lipinski definition) is 5. The van der Waals surface area contributed by atoms with Gasteiger partial charge in [-0.2, -0.15) is 4.98 Å². The molecule has 1 amide bonds. The van der Waals surface area contributed by atoms with Gasteiger partial charge < -0.3 is 15.8 Å². The molecule has 0 aliphatic carbocycles. The lowest BCUT2D eigenvalue weighted by Gasteiger charge is -2.24. The summed E-state index contributed by atoms with van der Waals surface area (Å²) in [6.45, 7) is 0. The van der Waals surface area contributed by atoms with E-state index in [2.05, 4.69) is 20.0 Å². The molecule has 1 aromatic carbocycles. The quantitative estimate of drug-likeness (QED) is 0.771. The zero-order valence-corrected chi connectivity index (χ0v) is 12.0. The molecule has 7 nitrogen and oxygen atoms in total. The van der Waals surface area contributed by atoms with Crippen molar-refractivity contribution in [2.45, 2.75) is 18.7 Å². The van der Waals surface area contributed by atoms with Crippen LogP contribution in [0, 0.1) is 0 Å². The number of benzene rings is 1. The zero-order valence-electron chi connectivity index (χ0n) is 12.0. The molecule has 1 aliphatic heterocycles. The molecule has 0 fully saturated rings. The van der Waals surface area contributed by atoms with Crippen LogP contribution in [0.2, 0.25) is 0 Å². The lowest BCUT2D eigenvalue weighted by atomic mass is 9.87. The number of anilines is 2. The largest absolute Gasteiger partial charge is 0.573 e. The normalized spacial score (nSPS) is 17.1. The van der Waals surface area contributed by atoms with Crippen molar-refractivity contribution in [3.63, 3.8) is 0 Å². The Morgan fingerprint density at radius 3 is 2.75 bits per heavy atom. The second-order valence-corrected chi connectivity index (χ2v) is 5.14. The SMILES string of the molecule is Nc1nc2c(c(=O)[nH]1)C(c1cccc(OC(F)(F)F)c1)CC(=O)N2. The van der Waals surface area contributed by atoms with Gasteiger partial charge in [0, 0.05) is 12.3 Å². The summed E-state index contributed by atoms with van der Waals surface area (Å²) in [7, 11) is 0. The van der Waals surface area contributed by atoms with Crippen LogP contribution < -0.4 is 21.3 Å². The number of hydrogen-bond donors (Lipinski definition) is 3. The van der Waals surface area contributed by atoms with Gasteiger partial charge in [-0.15, -0.1) is 13.2 Å². The monoisotopic (exact) mass is 340 g/mol. The third kappa shape index (κ3) is 3.16. The number of nitrogen functional groups attached to an aromatic ring is 1. The third-order valence-corrected chi connectivity index (χ3v) is 3.46. The Balaban J connectivity index is 2.07. The maximum atomic E-state index is 12.4. The molecule has 4 N–H and O–H groups in total. The van der Waals surface area contributed by atoms with Gasteiger partial charge in [0.25, 0.3) is 5.56 Å². The first-order valence-electron chi connectivity index (χ1n) is 6.78. The van der Waals surface area contributed by atoms with E-state index in [0.29, 0.717) is 5.56 Å². The zero-order chi connectivity index (χ0) is 17.5. The van der Waals surface area contributed by atoms with E-state index in [-0.39, 0.29) is 23.8 Å². The van der Waals surface area contributed by atoms with Gasteiger partial charge in [0.05, 0.1) is 5.56 Å². The smallest absolute Gasteiger partial charge is 0.406 e. The van der Waals surface area contributed by atoms with E-state index in [1.54, 1.807) is 0 Å². The van der Waals surface area contributed by atoms with E-state index < -0.39 is 29.5 Å². The molecule has 0 saturated carbocycles. The minimum Gasteiger partial charge on any atom is -0.406 e. The molecule has 2 heterocycles. The van der Waals surface area contributed by atoms with Crippen LogP contribution in [0.1, 0.15) is 23.5 Å². The number of rotatable bonds is 2. The van der Waals surface area contributed by atoms with Crippen LogP contribution in [-0.4, -0.2) is 22.2 Å². The topological polar surface area (TPSA) is 110 Å². The maximum Gasteiger partial charge on any atom is 0.573 e. The highest BCUT2D eigenvalue weighted by atomic mass is 19.4. The summed E-state index contributed by atoms with van der Waals surface area (Å²) in [6.07, 6.45) is -4.95. The first kappa shape index (κ1) is 15.8. The average Bonchev–Trinajstić information content (AvgIpc) is 2.44. The number of carbonyl (C=O) groups excluding carboxylic acids is 1. The minimum atomic E-state index is -4.84. The van der Waals surface area contributed by atoms with Gasteiger partial charge in [-0.05, 0) is 17.7 Å². The van der Waals surface area contributed by atoms with Gasteiger partial charge in [0.15, 0.2) is 0 Å². The van der Waals surface area contributed by atoms with Crippen LogP contribution >= 0.6 is 0 Å². The van der Waals surface area contributed by atoms with Crippen molar-refractivity contribution < 1.29 is 22.7 Å². The summed E-state index contributed by atoms with van der Waals surface area (Å²) in [5.74, 6) is -1.80. The number of amides is 1. The van der Waals surface area contributed by atoms with Crippen molar-refractivity contribution >= 4 is 17.7 Å². The molecule has 10 heteroatoms. The highest BCUT2D eigenvalue weighted by molar-refractivity contribution is 5.94. The highest BCUT2D eigenvalue weighted by Crippen LogP contribution is 2.35. The fourth-order valence-corrected chi connectivity index (χ4v) is 2.60. The van der Waals surface area contributed by atoms with Crippen LogP contribution in [-0.2, 0) is 4.79 Å². The van der Waals surface area contributed by atoms with E-state index in [9.17, 15) is 22.8 Å². The summed E-state index contributed by atoms with van der Waals surface area (Å²) < 4.78 is 41.0. The Bertz CT molecular complexity index is 863. The van der Waals surface area contributed by atoms with Gasteiger partial charge in [-0.1, -0.05) is 12.1 Å². The van der Waals surface area contributed by atoms with Crippen molar-refractivity contribution in [1.82, 2.24) is 9.97 Å². The summed E-state index contributed by atoms with van der Waals surface area (Å²) in [5, 5.41) is 2.43. The molecule has 1 atom stereocenters. The van der Waals surface area contributed by atoms with E-state index in [1.807, 2.05) is 0 Å². The van der Waals surface area contributed by atoms with Crippen molar-refractivity contribution in [3.05, 3.63) is 45.7 Å². The van der Waals surface area contributed by atoms with Crippen molar-refractivity contribution in [1.29, 1.82) is 0 Å². The van der Waals surface area contributed by atoms with E-state index in [0.717, 1.165) is 12.1 Å². The van der Waals surface area contributed by atoms with Crippen molar-refractivity contribution in [2.75, 3.05) is 11.1 Å². The Morgan fingerprint density at radius 2 is 2.04 bits per heavy atom. The molecule has 24 heavy (non-hydrogen) atoms. The predicted molar refractivity (Wildman–Crippen MR) is 77.5 cm³/mol. The molecule has 126 valence electrons. The molecule has 0 spiro atoms. The molecule has 2 aromatic rings. The molecule has 0 radical (unpaired) electrons. The fraction of sp³-hybridized carbons (Fsp3) is 0.214. The van der Waals surface area contributed by atoms with Crippen LogP contribution in [0.3, 0.4) is 0 Å². The number of fused-ring (bicyclic) bond motifs is 1. The fourth-order valence-electron chi connectivity index (χ4n) is 2.60. The molecule has 3 rings (SSSR count). The van der Waals surface area contributed by atoms with Gasteiger partial charge in [0.1, 0.15) is 11.6 Å². The predicted octanol–water partition coefficient (Wildman–Crippen LogP) is 1.72. The van der Waals surface area contributed by atoms with E-state index in [1.165, 1.54) is 12.1 Å². The summed E-state index contributed by atoms with van der Waals surface area (Å²) in [6, 6.07) is 5.12. The second-order valence-electron chi connectivity index (χ2n) is 5.14. The lowest BCUT2D eigenvalue weighted by molar-refractivity contribution is -0.274. The van der Waals surface area contributed by atoms with Crippen LogP contribution in [0.4, 0.5) is 24.9 Å². The first-order valence-corrected chi connectivity index (χ1v) is 6.78. The summed E-state index contributed by atoms with van der Waals surface area (Å²) >= 11 is 0. The summed E-state index contributed by atoms with van der Waals surface area (Å²) in [4.78, 5) is 30.2. The van der Waals surface area contributed by atoms with Crippen LogP contribution in [0.25, 0.3) is 0 Å². The van der Waals surface area contributed by atoms with Gasteiger partial charge >= 0.3 is 6.36 Å². The maximum absolute atomic E-state index is 12.4. The summed E-state index contributed by atoms with van der Waals surface area (Å²) in [5.41, 5.74) is 5.33. The highest BCUT2D eigenvalue weighted by Gasteiger charge is 2.33. The Hall–Kier alpha value is -3.04. The number of nitrogens with zero attached hydrogens (tertiary/aromatic N) is 1.